The molecule has 1 aromatic rings. The molecule has 1 aliphatic carbocycles. The SMILES string of the molecule is CC(C)C[C@H](NC(=O)c1ccc(N(C)C)cc1)C(=O)N1CC[C@@H]2[C@H]1C(=O)CN2C(=O)C1(N)CCC1. The number of benzene rings is 1. The summed E-state index contributed by atoms with van der Waals surface area (Å²) in [5, 5.41) is 2.91. The molecule has 4 rings (SSSR count). The van der Waals surface area contributed by atoms with Crippen molar-refractivity contribution < 1.29 is 19.2 Å². The molecule has 9 nitrogen and oxygen atoms in total. The van der Waals surface area contributed by atoms with Gasteiger partial charge >= 0.3 is 0 Å². The summed E-state index contributed by atoms with van der Waals surface area (Å²) in [5.74, 6) is -0.738. The smallest absolute Gasteiger partial charge is 0.251 e. The van der Waals surface area contributed by atoms with Crippen LogP contribution in [0.2, 0.25) is 0 Å². The molecule has 1 aromatic carbocycles. The highest BCUT2D eigenvalue weighted by atomic mass is 16.2. The van der Waals surface area contributed by atoms with Gasteiger partial charge in [0.05, 0.1) is 18.1 Å². The monoisotopic (exact) mass is 483 g/mol. The second-order valence-corrected chi connectivity index (χ2v) is 10.8. The van der Waals surface area contributed by atoms with E-state index in [4.69, 9.17) is 5.73 Å². The molecule has 9 heteroatoms. The Kier molecular flexibility index (Phi) is 6.90. The number of nitrogens with zero attached hydrogens (tertiary/aromatic N) is 3. The van der Waals surface area contributed by atoms with Crippen LogP contribution in [-0.4, -0.2) is 84.2 Å². The average Bonchev–Trinajstić information content (AvgIpc) is 3.37. The fraction of sp³-hybridized carbons (Fsp3) is 0.615. The van der Waals surface area contributed by atoms with Gasteiger partial charge in [-0.3, -0.25) is 19.2 Å². The number of carbonyl (C=O) groups is 4. The van der Waals surface area contributed by atoms with Crippen molar-refractivity contribution in [2.45, 2.75) is 69.6 Å². The first kappa shape index (κ1) is 25.2. The first-order valence-corrected chi connectivity index (χ1v) is 12.5. The fourth-order valence-corrected chi connectivity index (χ4v) is 5.44. The molecule has 2 aliphatic heterocycles. The number of hydrogen-bond acceptors (Lipinski definition) is 6. The molecule has 2 heterocycles. The van der Waals surface area contributed by atoms with Crippen LogP contribution < -0.4 is 16.0 Å². The first-order chi connectivity index (χ1) is 16.5. The fourth-order valence-electron chi connectivity index (χ4n) is 5.44. The van der Waals surface area contributed by atoms with Crippen molar-refractivity contribution in [1.82, 2.24) is 15.1 Å². The third kappa shape index (κ3) is 4.78. The lowest BCUT2D eigenvalue weighted by molar-refractivity contribution is -0.141. The van der Waals surface area contributed by atoms with E-state index in [9.17, 15) is 19.2 Å². The number of amides is 3. The van der Waals surface area contributed by atoms with E-state index in [2.05, 4.69) is 5.32 Å². The summed E-state index contributed by atoms with van der Waals surface area (Å²) in [7, 11) is 3.85. The molecule has 0 spiro atoms. The van der Waals surface area contributed by atoms with Gasteiger partial charge in [0.15, 0.2) is 5.78 Å². The van der Waals surface area contributed by atoms with Crippen molar-refractivity contribution in [3.05, 3.63) is 29.8 Å². The lowest BCUT2D eigenvalue weighted by Gasteiger charge is -2.40. The standard InChI is InChI=1S/C26H37N5O4/c1-16(2)14-19(28-23(33)17-6-8-18(9-7-17)29(3)4)24(34)30-13-10-20-22(30)21(32)15-31(20)25(35)26(27)11-5-12-26/h6-9,16,19-20,22H,5,10-15,27H2,1-4H3,(H,28,33)/t19-,20+,22-/m0/s1. The maximum atomic E-state index is 13.6. The van der Waals surface area contributed by atoms with Crippen molar-refractivity contribution in [3.63, 3.8) is 0 Å². The summed E-state index contributed by atoms with van der Waals surface area (Å²) in [4.78, 5) is 57.8. The number of fused-ring (bicyclic) bond motifs is 1. The highest BCUT2D eigenvalue weighted by molar-refractivity contribution is 6.02. The molecule has 35 heavy (non-hydrogen) atoms. The molecule has 0 radical (unpaired) electrons. The Hall–Kier alpha value is -2.94. The highest BCUT2D eigenvalue weighted by Gasteiger charge is 2.55. The molecule has 0 aromatic heterocycles. The Morgan fingerprint density at radius 1 is 1.14 bits per heavy atom. The maximum absolute atomic E-state index is 13.6. The molecule has 190 valence electrons. The van der Waals surface area contributed by atoms with E-state index in [0.717, 1.165) is 12.1 Å². The molecule has 3 aliphatic rings. The Morgan fingerprint density at radius 2 is 1.80 bits per heavy atom. The van der Waals surface area contributed by atoms with Gasteiger partial charge < -0.3 is 25.8 Å². The lowest BCUT2D eigenvalue weighted by Crippen LogP contribution is -2.60. The topological polar surface area (TPSA) is 116 Å². The van der Waals surface area contributed by atoms with Crippen LogP contribution in [-0.2, 0) is 14.4 Å². The van der Waals surface area contributed by atoms with Gasteiger partial charge in [-0.1, -0.05) is 13.8 Å². The molecular weight excluding hydrogens is 446 g/mol. The Labute approximate surface area is 207 Å². The second-order valence-electron chi connectivity index (χ2n) is 10.8. The lowest BCUT2D eigenvalue weighted by atomic mass is 9.76. The zero-order chi connectivity index (χ0) is 25.5. The number of rotatable bonds is 7. The van der Waals surface area contributed by atoms with E-state index in [0.29, 0.717) is 37.8 Å². The summed E-state index contributed by atoms with van der Waals surface area (Å²) in [6.45, 7) is 4.36. The van der Waals surface area contributed by atoms with Gasteiger partial charge in [0, 0.05) is 31.9 Å². The van der Waals surface area contributed by atoms with Gasteiger partial charge in [-0.2, -0.15) is 0 Å². The third-order valence-electron chi connectivity index (χ3n) is 7.59. The quantitative estimate of drug-likeness (QED) is 0.601. The van der Waals surface area contributed by atoms with E-state index in [1.165, 1.54) is 0 Å². The van der Waals surface area contributed by atoms with Gasteiger partial charge in [-0.05, 0) is 62.3 Å². The van der Waals surface area contributed by atoms with Gasteiger partial charge in [0.1, 0.15) is 12.1 Å². The number of hydrogen-bond donors (Lipinski definition) is 2. The minimum Gasteiger partial charge on any atom is -0.378 e. The molecule has 3 N–H and O–H groups in total. The van der Waals surface area contributed by atoms with Crippen LogP contribution >= 0.6 is 0 Å². The number of likely N-dealkylation sites (tertiary alicyclic amines) is 2. The van der Waals surface area contributed by atoms with Crippen molar-refractivity contribution in [1.29, 1.82) is 0 Å². The zero-order valence-corrected chi connectivity index (χ0v) is 21.1. The Morgan fingerprint density at radius 3 is 2.34 bits per heavy atom. The molecular formula is C26H37N5O4. The van der Waals surface area contributed by atoms with Gasteiger partial charge in [-0.15, -0.1) is 0 Å². The minimum atomic E-state index is -0.872. The van der Waals surface area contributed by atoms with Crippen molar-refractivity contribution in [3.8, 4) is 0 Å². The number of Topliss-reactive ketones (excluding diaryl/α,β-unsaturated/α-hetero) is 1. The number of ketones is 1. The van der Waals surface area contributed by atoms with Crippen molar-refractivity contribution in [2.24, 2.45) is 11.7 Å². The predicted molar refractivity (Wildman–Crippen MR) is 133 cm³/mol. The molecule has 3 atom stereocenters. The molecule has 3 amide bonds. The van der Waals surface area contributed by atoms with E-state index < -0.39 is 17.6 Å². The van der Waals surface area contributed by atoms with Crippen LogP contribution in [0.25, 0.3) is 0 Å². The summed E-state index contributed by atoms with van der Waals surface area (Å²) in [6.07, 6.45) is 3.18. The Balaban J connectivity index is 1.48. The molecule has 1 saturated carbocycles. The summed E-state index contributed by atoms with van der Waals surface area (Å²) in [5.41, 5.74) is 6.83. The minimum absolute atomic E-state index is 0.00364. The van der Waals surface area contributed by atoms with Crippen LogP contribution in [0.1, 0.15) is 56.3 Å². The normalized spacial score (nSPS) is 23.7. The Bertz CT molecular complexity index is 1000. The second kappa shape index (κ2) is 9.60. The maximum Gasteiger partial charge on any atom is 0.251 e. The van der Waals surface area contributed by atoms with E-state index in [1.807, 2.05) is 45.0 Å². The van der Waals surface area contributed by atoms with Crippen LogP contribution in [0.15, 0.2) is 24.3 Å². The first-order valence-electron chi connectivity index (χ1n) is 12.5. The molecule has 2 saturated heterocycles. The largest absolute Gasteiger partial charge is 0.378 e. The highest BCUT2D eigenvalue weighted by Crippen LogP contribution is 2.36. The van der Waals surface area contributed by atoms with Crippen LogP contribution in [0.5, 0.6) is 0 Å². The van der Waals surface area contributed by atoms with Gasteiger partial charge in [-0.25, -0.2) is 0 Å². The number of carbonyl (C=O) groups excluding carboxylic acids is 4. The molecule has 0 unspecified atom stereocenters. The van der Waals surface area contributed by atoms with Gasteiger partial charge in [0.2, 0.25) is 11.8 Å². The zero-order valence-electron chi connectivity index (χ0n) is 21.1. The summed E-state index contributed by atoms with van der Waals surface area (Å²) >= 11 is 0. The average molecular weight is 484 g/mol. The number of nitrogens with one attached hydrogen (secondary N) is 1. The van der Waals surface area contributed by atoms with Crippen molar-refractivity contribution >= 4 is 29.2 Å². The van der Waals surface area contributed by atoms with Gasteiger partial charge in [0.25, 0.3) is 5.91 Å². The van der Waals surface area contributed by atoms with Crippen LogP contribution in [0.4, 0.5) is 5.69 Å². The molecule has 0 bridgehead atoms. The van der Waals surface area contributed by atoms with E-state index >= 15 is 0 Å². The summed E-state index contributed by atoms with van der Waals surface area (Å²) in [6, 6.07) is 5.43. The summed E-state index contributed by atoms with van der Waals surface area (Å²) < 4.78 is 0. The molecule has 3 fully saturated rings. The predicted octanol–water partition coefficient (Wildman–Crippen LogP) is 1.16. The van der Waals surface area contributed by atoms with Crippen molar-refractivity contribution in [2.75, 3.05) is 32.1 Å². The van der Waals surface area contributed by atoms with E-state index in [1.54, 1.807) is 21.9 Å². The third-order valence-corrected chi connectivity index (χ3v) is 7.59. The number of anilines is 1. The van der Waals surface area contributed by atoms with E-state index in [-0.39, 0.29) is 42.0 Å². The van der Waals surface area contributed by atoms with Crippen LogP contribution in [0.3, 0.4) is 0 Å². The number of nitrogens with two attached hydrogens (primary N) is 1. The van der Waals surface area contributed by atoms with Crippen LogP contribution in [0, 0.1) is 5.92 Å².